The first kappa shape index (κ1) is 17.7. The Bertz CT molecular complexity index is 521. The van der Waals surface area contributed by atoms with Gasteiger partial charge in [0.1, 0.15) is 0 Å². The van der Waals surface area contributed by atoms with E-state index >= 15 is 0 Å². The van der Waals surface area contributed by atoms with Crippen LogP contribution in [0.4, 0.5) is 0 Å². The molecule has 2 N–H and O–H groups in total. The Hall–Kier alpha value is -0.601. The Morgan fingerprint density at radius 3 is 1.50 bits per heavy atom. The Balaban J connectivity index is 2.04. The number of benzene rings is 2. The first-order chi connectivity index (χ1) is 10.8. The third-order valence-electron chi connectivity index (χ3n) is 3.30. The average molecular weight is 426 g/mol. The second-order valence-electron chi connectivity index (χ2n) is 4.94. The molecular formula is C18H24N2Se2. The number of rotatable bonds is 9. The van der Waals surface area contributed by atoms with E-state index in [1.165, 1.54) is 11.1 Å². The molecule has 0 saturated carbocycles. The van der Waals surface area contributed by atoms with Crippen LogP contribution in [-0.2, 0) is 13.1 Å². The van der Waals surface area contributed by atoms with Crippen molar-refractivity contribution in [2.24, 2.45) is 0 Å². The molecule has 0 saturated heterocycles. The van der Waals surface area contributed by atoms with Crippen LogP contribution in [0.2, 0.25) is 0 Å². The van der Waals surface area contributed by atoms with Crippen LogP contribution < -0.4 is 19.6 Å². The van der Waals surface area contributed by atoms with Gasteiger partial charge in [-0.05, 0) is 0 Å². The summed E-state index contributed by atoms with van der Waals surface area (Å²) in [5.41, 5.74) is 2.94. The predicted octanol–water partition coefficient (Wildman–Crippen LogP) is 1.18. The summed E-state index contributed by atoms with van der Waals surface area (Å²) in [6.45, 7) is 8.35. The van der Waals surface area contributed by atoms with Gasteiger partial charge >= 0.3 is 146 Å². The topological polar surface area (TPSA) is 24.1 Å². The fourth-order valence-corrected chi connectivity index (χ4v) is 9.55. The summed E-state index contributed by atoms with van der Waals surface area (Å²) in [5, 5.41) is 6.90. The molecular weight excluding hydrogens is 402 g/mol. The number of hydrogen-bond donors (Lipinski definition) is 2. The van der Waals surface area contributed by atoms with E-state index in [-0.39, 0.29) is 0 Å². The van der Waals surface area contributed by atoms with Crippen molar-refractivity contribution in [3.05, 3.63) is 59.7 Å². The minimum atomic E-state index is 0.543. The van der Waals surface area contributed by atoms with Crippen molar-refractivity contribution in [3.8, 4) is 0 Å². The van der Waals surface area contributed by atoms with Crippen molar-refractivity contribution in [2.45, 2.75) is 26.9 Å². The summed E-state index contributed by atoms with van der Waals surface area (Å²) in [6, 6.07) is 17.8. The van der Waals surface area contributed by atoms with E-state index in [2.05, 4.69) is 73.0 Å². The van der Waals surface area contributed by atoms with Crippen molar-refractivity contribution >= 4 is 35.2 Å². The van der Waals surface area contributed by atoms with Gasteiger partial charge in [0.15, 0.2) is 0 Å². The van der Waals surface area contributed by atoms with Crippen LogP contribution in [0.3, 0.4) is 0 Å². The quantitative estimate of drug-likeness (QED) is 0.589. The summed E-state index contributed by atoms with van der Waals surface area (Å²) in [7, 11) is 0. The van der Waals surface area contributed by atoms with Crippen molar-refractivity contribution in [3.63, 3.8) is 0 Å². The van der Waals surface area contributed by atoms with Crippen molar-refractivity contribution in [1.82, 2.24) is 10.6 Å². The molecule has 0 aliphatic heterocycles. The summed E-state index contributed by atoms with van der Waals surface area (Å²) >= 11 is 1.09. The molecule has 2 rings (SSSR count). The van der Waals surface area contributed by atoms with Crippen LogP contribution in [-0.4, -0.2) is 39.4 Å². The zero-order valence-electron chi connectivity index (χ0n) is 13.3. The summed E-state index contributed by atoms with van der Waals surface area (Å²) in [6.07, 6.45) is 0. The molecule has 0 bridgehead atoms. The van der Waals surface area contributed by atoms with Gasteiger partial charge in [0.25, 0.3) is 0 Å². The van der Waals surface area contributed by atoms with Crippen molar-refractivity contribution in [2.75, 3.05) is 13.1 Å². The molecule has 0 aliphatic carbocycles. The van der Waals surface area contributed by atoms with Gasteiger partial charge in [-0.2, -0.15) is 0 Å². The summed E-state index contributed by atoms with van der Waals surface area (Å²) in [5.74, 6) is 0. The Labute approximate surface area is 145 Å². The third kappa shape index (κ3) is 5.55. The molecule has 2 nitrogen and oxygen atoms in total. The van der Waals surface area contributed by atoms with Crippen LogP contribution in [0, 0.1) is 0 Å². The molecule has 0 unspecified atom stereocenters. The summed E-state index contributed by atoms with van der Waals surface area (Å²) < 4.78 is 3.10. The molecule has 0 radical (unpaired) electrons. The first-order valence-electron chi connectivity index (χ1n) is 7.77. The molecule has 0 spiro atoms. The minimum absolute atomic E-state index is 0.543. The monoisotopic (exact) mass is 428 g/mol. The standard InChI is InChI=1S/C18H24N2Se2/c1-3-19-13-15-9-5-7-11-17(15)21-22-18-12-8-6-10-16(18)14-20-4-2/h5-12,19-20H,3-4,13-14H2,1-2H3. The van der Waals surface area contributed by atoms with Crippen LogP contribution in [0.5, 0.6) is 0 Å². The normalized spacial score (nSPS) is 10.8. The fourth-order valence-electron chi connectivity index (χ4n) is 2.07. The second kappa shape index (κ2) is 10.2. The predicted molar refractivity (Wildman–Crippen MR) is 98.4 cm³/mol. The van der Waals surface area contributed by atoms with Gasteiger partial charge in [-0.1, -0.05) is 0 Å². The molecule has 0 heterocycles. The number of hydrogen-bond acceptors (Lipinski definition) is 2. The van der Waals surface area contributed by atoms with Gasteiger partial charge in [-0.25, -0.2) is 0 Å². The molecule has 118 valence electrons. The second-order valence-corrected chi connectivity index (χ2v) is 11.1. The molecule has 4 heteroatoms. The molecule has 2 aromatic carbocycles. The van der Waals surface area contributed by atoms with Gasteiger partial charge < -0.3 is 0 Å². The fraction of sp³-hybridized carbons (Fsp3) is 0.333. The van der Waals surface area contributed by atoms with Crippen LogP contribution in [0.15, 0.2) is 48.5 Å². The van der Waals surface area contributed by atoms with E-state index in [0.29, 0.717) is 26.3 Å². The van der Waals surface area contributed by atoms with Crippen LogP contribution >= 0.6 is 0 Å². The van der Waals surface area contributed by atoms with E-state index in [1.807, 2.05) is 0 Å². The first-order valence-corrected chi connectivity index (χ1v) is 13.8. The van der Waals surface area contributed by atoms with E-state index < -0.39 is 0 Å². The van der Waals surface area contributed by atoms with Gasteiger partial charge in [0.2, 0.25) is 0 Å². The van der Waals surface area contributed by atoms with E-state index in [4.69, 9.17) is 0 Å². The van der Waals surface area contributed by atoms with E-state index in [0.717, 1.165) is 26.2 Å². The maximum absolute atomic E-state index is 3.45. The Kier molecular flexibility index (Phi) is 8.25. The Morgan fingerprint density at radius 1 is 0.682 bits per heavy atom. The van der Waals surface area contributed by atoms with Gasteiger partial charge in [0.05, 0.1) is 0 Å². The van der Waals surface area contributed by atoms with Crippen LogP contribution in [0.1, 0.15) is 25.0 Å². The van der Waals surface area contributed by atoms with Crippen molar-refractivity contribution < 1.29 is 0 Å². The van der Waals surface area contributed by atoms with Gasteiger partial charge in [-0.15, -0.1) is 0 Å². The van der Waals surface area contributed by atoms with Crippen LogP contribution in [0.25, 0.3) is 0 Å². The molecule has 0 atom stereocenters. The van der Waals surface area contributed by atoms with Crippen molar-refractivity contribution in [1.29, 1.82) is 0 Å². The van der Waals surface area contributed by atoms with E-state index in [1.54, 1.807) is 8.92 Å². The molecule has 22 heavy (non-hydrogen) atoms. The zero-order chi connectivity index (χ0) is 15.6. The summed E-state index contributed by atoms with van der Waals surface area (Å²) in [4.78, 5) is 0. The number of nitrogens with one attached hydrogen (secondary N) is 2. The van der Waals surface area contributed by atoms with Gasteiger partial charge in [-0.3, -0.25) is 0 Å². The maximum atomic E-state index is 3.45. The molecule has 2 aromatic rings. The zero-order valence-corrected chi connectivity index (χ0v) is 16.7. The average Bonchev–Trinajstić information content (AvgIpc) is 2.57. The van der Waals surface area contributed by atoms with Gasteiger partial charge in [0, 0.05) is 0 Å². The Morgan fingerprint density at radius 2 is 1.09 bits per heavy atom. The molecule has 0 amide bonds. The SMILES string of the molecule is CCNCc1ccccc1[Se][Se]c1ccccc1CNCC. The third-order valence-corrected chi connectivity index (χ3v) is 10.7. The molecule has 0 aromatic heterocycles. The molecule has 0 fully saturated rings. The van der Waals surface area contributed by atoms with E-state index in [9.17, 15) is 0 Å². The molecule has 0 aliphatic rings.